The largest absolute Gasteiger partial charge is 0.480 e. The lowest BCUT2D eigenvalue weighted by Crippen LogP contribution is -2.42. The van der Waals surface area contributed by atoms with E-state index < -0.39 is 16.1 Å². The molecule has 1 aliphatic carbocycles. The number of anilines is 1. The third kappa shape index (κ3) is 4.75. The highest BCUT2D eigenvalue weighted by Crippen LogP contribution is 2.39. The van der Waals surface area contributed by atoms with Gasteiger partial charge in [-0.25, -0.2) is 8.42 Å². The fourth-order valence-corrected chi connectivity index (χ4v) is 6.30. The quantitative estimate of drug-likeness (QED) is 0.476. The number of rotatable bonds is 5. The summed E-state index contributed by atoms with van der Waals surface area (Å²) in [5.74, 6) is 0.564. The molecule has 35 heavy (non-hydrogen) atoms. The Labute approximate surface area is 210 Å². The number of halogens is 1. The average molecular weight is 511 g/mol. The summed E-state index contributed by atoms with van der Waals surface area (Å²) in [5, 5.41) is 0.343. The van der Waals surface area contributed by atoms with Crippen molar-refractivity contribution in [2.75, 3.05) is 4.72 Å². The van der Waals surface area contributed by atoms with E-state index in [1.165, 1.54) is 23.3 Å². The second kappa shape index (κ2) is 9.55. The monoisotopic (exact) mass is 510 g/mol. The lowest BCUT2D eigenvalue weighted by molar-refractivity contribution is -0.141. The number of fused-ring (bicyclic) bond motifs is 2. The number of carbonyl (C=O) groups is 1. The Kier molecular flexibility index (Phi) is 6.47. The van der Waals surface area contributed by atoms with Crippen molar-refractivity contribution in [3.8, 4) is 5.75 Å². The molecular weight excluding hydrogens is 484 g/mol. The number of sulfonamides is 1. The van der Waals surface area contributed by atoms with E-state index in [-0.39, 0.29) is 16.8 Å². The van der Waals surface area contributed by atoms with Crippen LogP contribution in [-0.4, -0.2) is 25.3 Å². The number of benzene rings is 3. The molecule has 1 N–H and O–H groups in total. The van der Waals surface area contributed by atoms with Crippen molar-refractivity contribution in [3.63, 3.8) is 0 Å². The highest BCUT2D eigenvalue weighted by molar-refractivity contribution is 7.92. The van der Waals surface area contributed by atoms with Crippen LogP contribution in [0.15, 0.2) is 71.6 Å². The van der Waals surface area contributed by atoms with Crippen LogP contribution in [0.2, 0.25) is 5.02 Å². The maximum absolute atomic E-state index is 13.6. The van der Waals surface area contributed by atoms with E-state index in [0.717, 1.165) is 24.8 Å². The normalized spacial score (nSPS) is 19.8. The molecule has 0 aromatic heterocycles. The molecule has 6 nitrogen and oxygen atoms in total. The van der Waals surface area contributed by atoms with Crippen molar-refractivity contribution in [2.45, 2.75) is 56.2 Å². The number of hydrogen-bond acceptors (Lipinski definition) is 4. The maximum Gasteiger partial charge on any atom is 0.264 e. The van der Waals surface area contributed by atoms with Crippen LogP contribution in [0.25, 0.3) is 0 Å². The number of hydrogen-bond donors (Lipinski definition) is 1. The molecule has 1 aliphatic heterocycles. The van der Waals surface area contributed by atoms with Crippen LogP contribution in [0, 0.1) is 0 Å². The Balaban J connectivity index is 1.49. The van der Waals surface area contributed by atoms with Gasteiger partial charge in [0.15, 0.2) is 6.10 Å². The molecular formula is C27H27ClN2O4S. The molecule has 1 amide bonds. The zero-order valence-corrected chi connectivity index (χ0v) is 21.0. The Bertz CT molecular complexity index is 1380. The summed E-state index contributed by atoms with van der Waals surface area (Å²) in [5.41, 5.74) is 3.63. The van der Waals surface area contributed by atoms with Gasteiger partial charge in [-0.05, 0) is 73.2 Å². The molecule has 8 heteroatoms. The highest BCUT2D eigenvalue weighted by Gasteiger charge is 2.36. The van der Waals surface area contributed by atoms with E-state index in [1.54, 1.807) is 30.3 Å². The topological polar surface area (TPSA) is 75.7 Å². The number of nitrogens with one attached hydrogen (secondary N) is 1. The molecule has 3 aromatic rings. The molecule has 0 radical (unpaired) electrons. The number of ether oxygens (including phenoxy) is 1. The van der Waals surface area contributed by atoms with Crippen LogP contribution in [0.5, 0.6) is 5.75 Å². The maximum atomic E-state index is 13.6. The average Bonchev–Trinajstić information content (AvgIpc) is 2.99. The third-order valence-corrected chi connectivity index (χ3v) is 8.29. The number of aryl methyl sites for hydroxylation is 1. The van der Waals surface area contributed by atoms with Gasteiger partial charge in [0.1, 0.15) is 5.75 Å². The van der Waals surface area contributed by atoms with E-state index in [0.29, 0.717) is 29.4 Å². The molecule has 0 saturated carbocycles. The van der Waals surface area contributed by atoms with Crippen molar-refractivity contribution in [2.24, 2.45) is 0 Å². The van der Waals surface area contributed by atoms with Crippen molar-refractivity contribution in [1.29, 1.82) is 0 Å². The van der Waals surface area contributed by atoms with E-state index in [9.17, 15) is 13.2 Å². The first-order valence-electron chi connectivity index (χ1n) is 11.8. The lowest BCUT2D eigenvalue weighted by atomic mass is 9.86. The fourth-order valence-electron chi connectivity index (χ4n) is 4.95. The van der Waals surface area contributed by atoms with Crippen molar-refractivity contribution in [1.82, 2.24) is 4.90 Å². The van der Waals surface area contributed by atoms with E-state index in [4.69, 9.17) is 16.3 Å². The van der Waals surface area contributed by atoms with Gasteiger partial charge in [0, 0.05) is 16.3 Å². The van der Waals surface area contributed by atoms with Crippen LogP contribution >= 0.6 is 11.6 Å². The predicted octanol–water partition coefficient (Wildman–Crippen LogP) is 5.72. The third-order valence-electron chi connectivity index (χ3n) is 6.67. The Morgan fingerprint density at radius 3 is 2.69 bits per heavy atom. The molecule has 182 valence electrons. The summed E-state index contributed by atoms with van der Waals surface area (Å²) >= 11 is 5.99. The second-order valence-corrected chi connectivity index (χ2v) is 11.1. The highest BCUT2D eigenvalue weighted by atomic mass is 35.5. The van der Waals surface area contributed by atoms with Gasteiger partial charge in [0.2, 0.25) is 0 Å². The van der Waals surface area contributed by atoms with Crippen LogP contribution in [0.4, 0.5) is 5.69 Å². The first-order chi connectivity index (χ1) is 16.9. The van der Waals surface area contributed by atoms with Crippen LogP contribution < -0.4 is 9.46 Å². The zero-order valence-electron chi connectivity index (χ0n) is 19.4. The van der Waals surface area contributed by atoms with Crippen LogP contribution in [-0.2, 0) is 27.8 Å². The van der Waals surface area contributed by atoms with E-state index in [2.05, 4.69) is 16.9 Å². The first kappa shape index (κ1) is 23.7. The molecule has 2 aliphatic rings. The van der Waals surface area contributed by atoms with E-state index in [1.807, 2.05) is 24.0 Å². The SMILES string of the molecule is CCC1Oc2ccc(NS(=O)(=O)c3cccc(Cl)c3)cc2CN(C2CCCc3ccccc32)C1=O. The van der Waals surface area contributed by atoms with E-state index >= 15 is 0 Å². The van der Waals surface area contributed by atoms with Gasteiger partial charge in [-0.1, -0.05) is 48.9 Å². The molecule has 3 aromatic carbocycles. The molecule has 0 saturated heterocycles. The summed E-state index contributed by atoms with van der Waals surface area (Å²) in [6.07, 6.45) is 2.87. The van der Waals surface area contributed by atoms with Gasteiger partial charge in [-0.2, -0.15) is 0 Å². The second-order valence-electron chi connectivity index (χ2n) is 8.97. The Hall–Kier alpha value is -3.03. The van der Waals surface area contributed by atoms with Gasteiger partial charge in [-0.15, -0.1) is 0 Å². The molecule has 0 bridgehead atoms. The van der Waals surface area contributed by atoms with Crippen LogP contribution in [0.3, 0.4) is 0 Å². The number of amides is 1. The number of nitrogens with zero attached hydrogens (tertiary/aromatic N) is 1. The summed E-state index contributed by atoms with van der Waals surface area (Å²) < 4.78 is 34.6. The van der Waals surface area contributed by atoms with Crippen molar-refractivity contribution >= 4 is 33.2 Å². The molecule has 2 unspecified atom stereocenters. The molecule has 0 spiro atoms. The summed E-state index contributed by atoms with van der Waals surface area (Å²) in [6.45, 7) is 2.28. The van der Waals surface area contributed by atoms with Crippen molar-refractivity contribution in [3.05, 3.63) is 88.4 Å². The van der Waals surface area contributed by atoms with Gasteiger partial charge in [-0.3, -0.25) is 9.52 Å². The van der Waals surface area contributed by atoms with Gasteiger partial charge < -0.3 is 9.64 Å². The molecule has 1 heterocycles. The zero-order chi connectivity index (χ0) is 24.6. The standard InChI is InChI=1S/C27H27ClN2O4S/c1-2-25-27(31)30(24-12-5-8-18-7-3-4-11-23(18)24)17-19-15-21(13-14-26(19)34-25)29-35(32,33)22-10-6-9-20(28)16-22/h3-4,6-7,9-11,13-16,24-25,29H,2,5,8,12,17H2,1H3. The summed E-state index contributed by atoms with van der Waals surface area (Å²) in [4.78, 5) is 15.6. The first-order valence-corrected chi connectivity index (χ1v) is 13.7. The smallest absolute Gasteiger partial charge is 0.264 e. The fraction of sp³-hybridized carbons (Fsp3) is 0.296. The lowest BCUT2D eigenvalue weighted by Gasteiger charge is -2.36. The summed E-state index contributed by atoms with van der Waals surface area (Å²) in [7, 11) is -3.83. The number of carbonyl (C=O) groups excluding carboxylic acids is 1. The Morgan fingerprint density at radius 1 is 1.06 bits per heavy atom. The van der Waals surface area contributed by atoms with Crippen LogP contribution in [0.1, 0.15) is 48.9 Å². The van der Waals surface area contributed by atoms with Gasteiger partial charge in [0.05, 0.1) is 17.5 Å². The molecule has 2 atom stereocenters. The van der Waals surface area contributed by atoms with Crippen molar-refractivity contribution < 1.29 is 17.9 Å². The molecule has 5 rings (SSSR count). The minimum Gasteiger partial charge on any atom is -0.480 e. The summed E-state index contributed by atoms with van der Waals surface area (Å²) in [6, 6.07) is 19.5. The van der Waals surface area contributed by atoms with Gasteiger partial charge in [0.25, 0.3) is 15.9 Å². The molecule has 0 fully saturated rings. The minimum absolute atomic E-state index is 0.0357. The van der Waals surface area contributed by atoms with Gasteiger partial charge >= 0.3 is 0 Å². The minimum atomic E-state index is -3.83. The predicted molar refractivity (Wildman–Crippen MR) is 136 cm³/mol. The Morgan fingerprint density at radius 2 is 1.89 bits per heavy atom.